The lowest BCUT2D eigenvalue weighted by Gasteiger charge is -2.31. The minimum atomic E-state index is 0. The molecule has 4 aliphatic rings. The summed E-state index contributed by atoms with van der Waals surface area (Å²) in [6, 6.07) is 0. The summed E-state index contributed by atoms with van der Waals surface area (Å²) in [7, 11) is 8.70. The average molecular weight is 1030 g/mol. The van der Waals surface area contributed by atoms with E-state index in [1.807, 2.05) is 55.4 Å². The first-order chi connectivity index (χ1) is 30.5. The Morgan fingerprint density at radius 1 is 0.406 bits per heavy atom. The fraction of sp³-hybridized carbons (Fsp3) is 1.00. The standard InChI is InChI=1S/C8H18N2.C6H13N.2C5H12N2.C4H10.2C3H8.4C2H6.3CH4.2B.H2O5.H2O4.H2O3.O2.H2O/c1-3-4-10-7-5-9(2)6-8-10;1-7-5-3-2-4-6-7;2*1-7-4-2-6-3-5-7;1-3-4-2;2*1-3-2;4*1-2;;;;;;1-3-5-4-2;1-3-4-2;1-3-2;1-2;/h3-8H2,1-2H3;2-6H2,1H3;2*6H,2-5H2,1H3;3-4H2,1-2H3;2*3H2,1-2H3;4*1-2H3;3*1H4;;;1-2H;1-2H;1-2H;;1H2. The van der Waals surface area contributed by atoms with Gasteiger partial charge in [0.15, 0.2) is 0 Å². The van der Waals surface area contributed by atoms with Crippen LogP contribution in [0.2, 0.25) is 0 Å². The van der Waals surface area contributed by atoms with Crippen molar-refractivity contribution in [3.8, 4) is 0 Å². The van der Waals surface area contributed by atoms with E-state index in [1.165, 1.54) is 123 Å². The Kier molecular flexibility index (Phi) is 245. The molecule has 0 aromatic rings. The number of piperazine rings is 3. The monoisotopic (exact) mass is 1030 g/mol. The first kappa shape index (κ1) is 117. The zero-order valence-corrected chi connectivity index (χ0v) is 46.1. The molecule has 22 nitrogen and oxygen atoms in total. The van der Waals surface area contributed by atoms with E-state index in [9.17, 15) is 0 Å². The Hall–Kier alpha value is -1.07. The number of nitrogens with one attached hydrogen (secondary N) is 2. The van der Waals surface area contributed by atoms with Crippen molar-refractivity contribution < 1.29 is 67.2 Å². The molecule has 0 aliphatic carbocycles. The van der Waals surface area contributed by atoms with Gasteiger partial charge < -0.3 is 40.6 Å². The Labute approximate surface area is 432 Å². The summed E-state index contributed by atoms with van der Waals surface area (Å²) < 4.78 is 0. The molecule has 24 heteroatoms. The van der Waals surface area contributed by atoms with E-state index in [2.05, 4.69) is 142 Å². The Morgan fingerprint density at radius 3 is 0.768 bits per heavy atom. The number of hydrogen-bond acceptors (Lipinski definition) is 21. The Morgan fingerprint density at radius 2 is 0.638 bits per heavy atom. The van der Waals surface area contributed by atoms with Gasteiger partial charge in [0.25, 0.3) is 0 Å². The summed E-state index contributed by atoms with van der Waals surface area (Å²) >= 11 is 0. The minimum absolute atomic E-state index is 0. The van der Waals surface area contributed by atoms with Crippen molar-refractivity contribution in [2.75, 3.05) is 126 Å². The van der Waals surface area contributed by atoms with E-state index < -0.39 is 0 Å². The van der Waals surface area contributed by atoms with Crippen molar-refractivity contribution in [2.45, 2.75) is 178 Å². The van der Waals surface area contributed by atoms with Crippen LogP contribution in [-0.4, -0.2) is 205 Å². The van der Waals surface area contributed by atoms with Gasteiger partial charge in [0.2, 0.25) is 0 Å². The SMILES string of the molecule is C.C.C.CC.CC.CC.CC.CCC.CCC.CCCC.CCCN1CCN(C)CC1.CN1CCCCC1.CN1CCNCC1.CN1CCNCC1.O.O=O.OOO.OOOO.OOOOO.[B].[B]. The highest BCUT2D eigenvalue weighted by Crippen LogP contribution is 2.04. The molecule has 4 saturated heterocycles. The second-order valence-electron chi connectivity index (χ2n) is 12.5. The van der Waals surface area contributed by atoms with Crippen LogP contribution in [0.3, 0.4) is 0 Å². The van der Waals surface area contributed by atoms with Crippen molar-refractivity contribution in [1.82, 2.24) is 35.1 Å². The quantitative estimate of drug-likeness (QED) is 0.0698. The van der Waals surface area contributed by atoms with Crippen LogP contribution < -0.4 is 10.6 Å². The summed E-state index contributed by atoms with van der Waals surface area (Å²) in [6.45, 7) is 49.6. The number of unbranched alkanes of at least 4 members (excludes halogenated alkanes) is 1. The van der Waals surface area contributed by atoms with Gasteiger partial charge in [-0.3, -0.25) is 0 Å². The van der Waals surface area contributed by atoms with Gasteiger partial charge in [-0.25, -0.2) is 31.5 Å². The number of nitrogens with zero attached hydrogens (tertiary/aromatic N) is 5. The number of likely N-dealkylation sites (N-methyl/N-ethyl adjacent to an activating group) is 3. The summed E-state index contributed by atoms with van der Waals surface area (Å²) in [5.74, 6) is 0. The van der Waals surface area contributed by atoms with Crippen LogP contribution >= 0.6 is 0 Å². The van der Waals surface area contributed by atoms with Gasteiger partial charge in [-0.2, -0.15) is 0 Å². The lowest BCUT2D eigenvalue weighted by Crippen LogP contribution is -2.44. The van der Waals surface area contributed by atoms with Crippen molar-refractivity contribution in [1.29, 1.82) is 0 Å². The second-order valence-corrected chi connectivity index (χ2v) is 12.5. The number of likely N-dealkylation sites (tertiary alicyclic amines) is 1. The molecule has 0 amide bonds. The topological polar surface area (TPSA) is 283 Å². The third-order valence-electron chi connectivity index (χ3n) is 6.99. The van der Waals surface area contributed by atoms with Gasteiger partial charge in [-0.05, 0) is 92.3 Å². The zero-order valence-electron chi connectivity index (χ0n) is 46.1. The molecule has 0 aromatic heterocycles. The van der Waals surface area contributed by atoms with Crippen molar-refractivity contribution >= 4 is 16.8 Å². The smallest absolute Gasteiger partial charge is 0.0110 e. The predicted molar refractivity (Wildman–Crippen MR) is 299 cm³/mol. The van der Waals surface area contributed by atoms with Gasteiger partial charge >= 0.3 is 0 Å². The molecule has 436 valence electrons. The minimum Gasteiger partial charge on any atom is -0.412 e. The highest BCUT2D eigenvalue weighted by molar-refractivity contribution is 5.76. The van der Waals surface area contributed by atoms with Gasteiger partial charge in [-0.15, -0.1) is 0 Å². The second kappa shape index (κ2) is 144. The largest absolute Gasteiger partial charge is 0.412 e. The highest BCUT2D eigenvalue weighted by Gasteiger charge is 2.11. The Bertz CT molecular complexity index is 537. The zero-order chi connectivity index (χ0) is 51.8. The van der Waals surface area contributed by atoms with Gasteiger partial charge in [0, 0.05) is 105 Å². The summed E-state index contributed by atoms with van der Waals surface area (Å²) in [4.78, 5) is 26.0. The van der Waals surface area contributed by atoms with Crippen molar-refractivity contribution in [3.05, 3.63) is 9.93 Å². The van der Waals surface area contributed by atoms with Crippen LogP contribution in [0.1, 0.15) is 178 Å². The van der Waals surface area contributed by atoms with E-state index in [0.717, 1.165) is 26.2 Å². The van der Waals surface area contributed by atoms with E-state index in [1.54, 1.807) is 0 Å². The molecule has 0 bridgehead atoms. The summed E-state index contributed by atoms with van der Waals surface area (Å²) in [6.07, 6.45) is 10.7. The molecule has 69 heavy (non-hydrogen) atoms. The molecule has 4 rings (SSSR count). The predicted octanol–water partition coefficient (Wildman–Crippen LogP) is 9.56. The lowest BCUT2D eigenvalue weighted by molar-refractivity contribution is -0.695. The fourth-order valence-corrected chi connectivity index (χ4v) is 4.01. The van der Waals surface area contributed by atoms with Crippen LogP contribution in [-0.2, 0) is 30.2 Å². The third kappa shape index (κ3) is 177. The van der Waals surface area contributed by atoms with E-state index in [4.69, 9.17) is 41.5 Å². The molecule has 0 atom stereocenters. The van der Waals surface area contributed by atoms with Crippen molar-refractivity contribution in [3.63, 3.8) is 0 Å². The van der Waals surface area contributed by atoms with Gasteiger partial charge in [-0.1, -0.05) is 163 Å². The number of rotatable bonds is 6. The van der Waals surface area contributed by atoms with Crippen LogP contribution in [0.25, 0.3) is 0 Å². The van der Waals surface area contributed by atoms with Crippen LogP contribution in [0.5, 0.6) is 0 Å². The molecule has 6 radical (unpaired) electrons. The first-order valence-electron chi connectivity index (χ1n) is 23.4. The molecular formula is C45H125B2N7O15. The molecule has 0 spiro atoms. The van der Waals surface area contributed by atoms with Crippen molar-refractivity contribution in [2.24, 2.45) is 0 Å². The normalized spacial score (nSPS) is 13.8. The van der Waals surface area contributed by atoms with Crippen LogP contribution in [0, 0.1) is 9.93 Å². The maximum absolute atomic E-state index is 7.06. The number of hydrogen-bond donors (Lipinski definition) is 8. The molecule has 4 fully saturated rings. The maximum atomic E-state index is 7.06. The van der Waals surface area contributed by atoms with E-state index >= 15 is 0 Å². The molecule has 0 unspecified atom stereocenters. The highest BCUT2D eigenvalue weighted by atomic mass is 17.7. The molecule has 0 aromatic carbocycles. The maximum Gasteiger partial charge on any atom is 0.0110 e. The Balaban J connectivity index is -0.0000000287. The lowest BCUT2D eigenvalue weighted by atomic mass is 10.1. The first-order valence-corrected chi connectivity index (χ1v) is 23.4. The summed E-state index contributed by atoms with van der Waals surface area (Å²) in [5.41, 5.74) is 0. The van der Waals surface area contributed by atoms with Crippen LogP contribution in [0.4, 0.5) is 0 Å². The summed E-state index contributed by atoms with van der Waals surface area (Å²) in [5, 5.41) is 63.5. The molecule has 0 saturated carbocycles. The third-order valence-corrected chi connectivity index (χ3v) is 6.99. The molecule has 4 aliphatic heterocycles. The molecule has 10 N–H and O–H groups in total. The molecule has 4 heterocycles. The van der Waals surface area contributed by atoms with E-state index in [0.29, 0.717) is 0 Å². The fourth-order valence-electron chi connectivity index (χ4n) is 4.01. The van der Waals surface area contributed by atoms with Crippen LogP contribution in [0.15, 0.2) is 0 Å². The van der Waals surface area contributed by atoms with Gasteiger partial charge in [0.05, 0.1) is 0 Å². The van der Waals surface area contributed by atoms with E-state index in [-0.39, 0.29) is 44.6 Å². The average Bonchev–Trinajstić information content (AvgIpc) is 3.33. The number of piperidine rings is 1. The molecular weight excluding hydrogens is 900 g/mol. The van der Waals surface area contributed by atoms with Gasteiger partial charge in [0.1, 0.15) is 0 Å².